The molecule has 1 unspecified atom stereocenters. The highest BCUT2D eigenvalue weighted by atomic mass is 35.5. The third-order valence-electron chi connectivity index (χ3n) is 3.61. The number of fused-ring (bicyclic) bond motifs is 1. The van der Waals surface area contributed by atoms with Gasteiger partial charge in [0.25, 0.3) is 0 Å². The Hall–Kier alpha value is -2.00. The Morgan fingerprint density at radius 1 is 1.15 bits per heavy atom. The number of halogens is 1. The summed E-state index contributed by atoms with van der Waals surface area (Å²) in [5.74, 6) is 0.121. The van der Waals surface area contributed by atoms with Gasteiger partial charge in [0.1, 0.15) is 0 Å². The molecule has 0 radical (unpaired) electrons. The summed E-state index contributed by atoms with van der Waals surface area (Å²) in [4.78, 5) is 13.8. The normalized spacial score (nSPS) is 17.8. The van der Waals surface area contributed by atoms with Crippen LogP contribution < -0.4 is 10.2 Å². The molecule has 20 heavy (non-hydrogen) atoms. The maximum absolute atomic E-state index is 12.1. The van der Waals surface area contributed by atoms with E-state index in [1.54, 1.807) is 4.90 Å². The van der Waals surface area contributed by atoms with Crippen LogP contribution in [0.1, 0.15) is 18.0 Å². The standard InChI is InChI=1S/C16H15ClN2O/c1-19-15-5-3-2-4-13(15)14(10-16(19)20)18-12-8-6-11(17)7-9-12/h2-9,14,18H,10H2,1H3. The third-order valence-corrected chi connectivity index (χ3v) is 3.86. The van der Waals surface area contributed by atoms with Crippen LogP contribution in [-0.2, 0) is 4.79 Å². The maximum atomic E-state index is 12.1. The lowest BCUT2D eigenvalue weighted by Gasteiger charge is -2.32. The largest absolute Gasteiger partial charge is 0.378 e. The number of carbonyl (C=O) groups excluding carboxylic acids is 1. The van der Waals surface area contributed by atoms with Crippen LogP contribution in [-0.4, -0.2) is 13.0 Å². The van der Waals surface area contributed by atoms with Gasteiger partial charge in [-0.25, -0.2) is 0 Å². The number of rotatable bonds is 2. The van der Waals surface area contributed by atoms with E-state index >= 15 is 0 Å². The van der Waals surface area contributed by atoms with E-state index in [1.165, 1.54) is 0 Å². The van der Waals surface area contributed by atoms with E-state index in [9.17, 15) is 4.79 Å². The van der Waals surface area contributed by atoms with Gasteiger partial charge in [0, 0.05) is 23.4 Å². The minimum atomic E-state index is -0.00363. The summed E-state index contributed by atoms with van der Waals surface area (Å²) in [5, 5.41) is 4.11. The van der Waals surface area contributed by atoms with Gasteiger partial charge in [0.2, 0.25) is 5.91 Å². The van der Waals surface area contributed by atoms with Crippen LogP contribution in [0.25, 0.3) is 0 Å². The van der Waals surface area contributed by atoms with Crippen LogP contribution in [0.3, 0.4) is 0 Å². The van der Waals surface area contributed by atoms with Crippen molar-refractivity contribution in [3.63, 3.8) is 0 Å². The predicted molar refractivity (Wildman–Crippen MR) is 82.3 cm³/mol. The number of hydrogen-bond acceptors (Lipinski definition) is 2. The van der Waals surface area contributed by atoms with Crippen LogP contribution in [0.2, 0.25) is 5.02 Å². The Labute approximate surface area is 123 Å². The number of nitrogens with one attached hydrogen (secondary N) is 1. The number of benzene rings is 2. The zero-order valence-electron chi connectivity index (χ0n) is 11.1. The molecule has 1 amide bonds. The first-order chi connectivity index (χ1) is 9.65. The quantitative estimate of drug-likeness (QED) is 0.909. The molecule has 0 aromatic heterocycles. The number of anilines is 2. The van der Waals surface area contributed by atoms with Crippen molar-refractivity contribution in [3.8, 4) is 0 Å². The second-order valence-electron chi connectivity index (χ2n) is 4.92. The number of amides is 1. The third kappa shape index (κ3) is 2.37. The molecule has 102 valence electrons. The fraction of sp³-hybridized carbons (Fsp3) is 0.188. The highest BCUT2D eigenvalue weighted by Crippen LogP contribution is 2.35. The van der Waals surface area contributed by atoms with Crippen molar-refractivity contribution in [2.24, 2.45) is 0 Å². The van der Waals surface area contributed by atoms with Crippen molar-refractivity contribution < 1.29 is 4.79 Å². The Bertz CT molecular complexity index is 639. The van der Waals surface area contributed by atoms with E-state index in [1.807, 2.05) is 49.5 Å². The molecule has 3 nitrogen and oxygen atoms in total. The Kier molecular flexibility index (Phi) is 3.36. The molecular weight excluding hydrogens is 272 g/mol. The zero-order valence-corrected chi connectivity index (χ0v) is 11.9. The van der Waals surface area contributed by atoms with Gasteiger partial charge in [-0.05, 0) is 35.9 Å². The van der Waals surface area contributed by atoms with Gasteiger partial charge < -0.3 is 10.2 Å². The Morgan fingerprint density at radius 2 is 1.85 bits per heavy atom. The molecule has 4 heteroatoms. The monoisotopic (exact) mass is 286 g/mol. The predicted octanol–water partition coefficient (Wildman–Crippen LogP) is 3.86. The van der Waals surface area contributed by atoms with Gasteiger partial charge in [-0.2, -0.15) is 0 Å². The van der Waals surface area contributed by atoms with Gasteiger partial charge in [0.15, 0.2) is 0 Å². The van der Waals surface area contributed by atoms with E-state index in [-0.39, 0.29) is 11.9 Å². The Morgan fingerprint density at radius 3 is 2.60 bits per heavy atom. The molecule has 1 aliphatic heterocycles. The lowest BCUT2D eigenvalue weighted by Crippen LogP contribution is -2.35. The summed E-state index contributed by atoms with van der Waals surface area (Å²) < 4.78 is 0. The molecule has 2 aromatic carbocycles. The maximum Gasteiger partial charge on any atom is 0.229 e. The Balaban J connectivity index is 1.92. The van der Waals surface area contributed by atoms with Crippen molar-refractivity contribution >= 4 is 28.9 Å². The van der Waals surface area contributed by atoms with E-state index in [0.717, 1.165) is 16.9 Å². The highest BCUT2D eigenvalue weighted by Gasteiger charge is 2.28. The first-order valence-electron chi connectivity index (χ1n) is 6.53. The van der Waals surface area contributed by atoms with Crippen molar-refractivity contribution in [2.45, 2.75) is 12.5 Å². The van der Waals surface area contributed by atoms with Crippen LogP contribution in [0, 0.1) is 0 Å². The average Bonchev–Trinajstić information content (AvgIpc) is 2.47. The molecule has 0 saturated heterocycles. The van der Waals surface area contributed by atoms with Crippen LogP contribution in [0.4, 0.5) is 11.4 Å². The van der Waals surface area contributed by atoms with Crippen LogP contribution >= 0.6 is 11.6 Å². The van der Waals surface area contributed by atoms with Crippen molar-refractivity contribution in [3.05, 3.63) is 59.1 Å². The van der Waals surface area contributed by atoms with Gasteiger partial charge >= 0.3 is 0 Å². The summed E-state index contributed by atoms with van der Waals surface area (Å²) in [6, 6.07) is 15.5. The molecule has 0 saturated carbocycles. The molecule has 0 bridgehead atoms. The average molecular weight is 287 g/mol. The van der Waals surface area contributed by atoms with E-state index in [0.29, 0.717) is 11.4 Å². The van der Waals surface area contributed by atoms with Gasteiger partial charge in [-0.15, -0.1) is 0 Å². The van der Waals surface area contributed by atoms with Crippen molar-refractivity contribution in [1.82, 2.24) is 0 Å². The summed E-state index contributed by atoms with van der Waals surface area (Å²) in [6.07, 6.45) is 0.455. The molecule has 2 aromatic rings. The van der Waals surface area contributed by atoms with E-state index in [4.69, 9.17) is 11.6 Å². The fourth-order valence-electron chi connectivity index (χ4n) is 2.52. The lowest BCUT2D eigenvalue weighted by molar-refractivity contribution is -0.118. The first kappa shape index (κ1) is 13.0. The smallest absolute Gasteiger partial charge is 0.229 e. The minimum Gasteiger partial charge on any atom is -0.378 e. The van der Waals surface area contributed by atoms with Gasteiger partial charge in [-0.3, -0.25) is 4.79 Å². The molecule has 1 aliphatic rings. The van der Waals surface area contributed by atoms with Crippen molar-refractivity contribution in [1.29, 1.82) is 0 Å². The molecule has 0 fully saturated rings. The number of nitrogens with zero attached hydrogens (tertiary/aromatic N) is 1. The lowest BCUT2D eigenvalue weighted by atomic mass is 9.96. The SMILES string of the molecule is CN1C(=O)CC(Nc2ccc(Cl)cc2)c2ccccc21. The minimum absolute atomic E-state index is 0.00363. The van der Waals surface area contributed by atoms with E-state index < -0.39 is 0 Å². The topological polar surface area (TPSA) is 32.3 Å². The summed E-state index contributed by atoms with van der Waals surface area (Å²) >= 11 is 5.89. The number of para-hydroxylation sites is 1. The number of carbonyl (C=O) groups is 1. The summed E-state index contributed by atoms with van der Waals surface area (Å²) in [7, 11) is 1.82. The fourth-order valence-corrected chi connectivity index (χ4v) is 2.65. The molecular formula is C16H15ClN2O. The van der Waals surface area contributed by atoms with Crippen LogP contribution in [0.5, 0.6) is 0 Å². The molecule has 3 rings (SSSR count). The molecule has 1 heterocycles. The molecule has 1 atom stereocenters. The van der Waals surface area contributed by atoms with E-state index in [2.05, 4.69) is 11.4 Å². The molecule has 0 spiro atoms. The summed E-state index contributed by atoms with van der Waals surface area (Å²) in [5.41, 5.74) is 3.08. The zero-order chi connectivity index (χ0) is 14.1. The van der Waals surface area contributed by atoms with Crippen molar-refractivity contribution in [2.75, 3.05) is 17.3 Å². The first-order valence-corrected chi connectivity index (χ1v) is 6.90. The molecule has 0 aliphatic carbocycles. The highest BCUT2D eigenvalue weighted by molar-refractivity contribution is 6.30. The van der Waals surface area contributed by atoms with Crippen LogP contribution in [0.15, 0.2) is 48.5 Å². The van der Waals surface area contributed by atoms with Gasteiger partial charge in [-0.1, -0.05) is 29.8 Å². The second kappa shape index (κ2) is 5.17. The van der Waals surface area contributed by atoms with Gasteiger partial charge in [0.05, 0.1) is 12.5 Å². The summed E-state index contributed by atoms with van der Waals surface area (Å²) in [6.45, 7) is 0. The number of hydrogen-bond donors (Lipinski definition) is 1. The molecule has 1 N–H and O–H groups in total. The second-order valence-corrected chi connectivity index (χ2v) is 5.36.